The van der Waals surface area contributed by atoms with E-state index in [1.807, 2.05) is 76.7 Å². The van der Waals surface area contributed by atoms with Gasteiger partial charge in [0.05, 0.1) is 6.04 Å². The number of carbonyl (C=O) groups excluding carboxylic acids is 2. The highest BCUT2D eigenvalue weighted by atomic mass is 16.6. The second kappa shape index (κ2) is 6.54. The maximum absolute atomic E-state index is 12.4. The Balaban J connectivity index is 2.44. The van der Waals surface area contributed by atoms with Gasteiger partial charge in [0.1, 0.15) is 11.9 Å². The SMILES string of the molecule is CN(C(=O)OC(C)(C)C)C(C=O)C(C)(C)c1cn(C)c2ccccc12. The summed E-state index contributed by atoms with van der Waals surface area (Å²) in [5.41, 5.74) is 0.935. The molecule has 25 heavy (non-hydrogen) atoms. The number of nitrogens with zero attached hydrogens (tertiary/aromatic N) is 2. The van der Waals surface area contributed by atoms with E-state index in [9.17, 15) is 9.59 Å². The number of hydrogen-bond acceptors (Lipinski definition) is 3. The summed E-state index contributed by atoms with van der Waals surface area (Å²) in [6, 6.07) is 7.41. The van der Waals surface area contributed by atoms with Crippen molar-refractivity contribution in [1.29, 1.82) is 0 Å². The third kappa shape index (κ3) is 3.70. The Labute approximate surface area is 149 Å². The minimum Gasteiger partial charge on any atom is -0.444 e. The first kappa shape index (κ1) is 19.0. The topological polar surface area (TPSA) is 51.5 Å². The predicted molar refractivity (Wildman–Crippen MR) is 99.8 cm³/mol. The molecule has 0 spiro atoms. The quantitative estimate of drug-likeness (QED) is 0.791. The van der Waals surface area contributed by atoms with E-state index in [1.54, 1.807) is 7.05 Å². The Bertz CT molecular complexity index is 784. The van der Waals surface area contributed by atoms with E-state index in [0.29, 0.717) is 0 Å². The van der Waals surface area contributed by atoms with Gasteiger partial charge in [0, 0.05) is 36.6 Å². The number of para-hydroxylation sites is 1. The molecule has 1 unspecified atom stereocenters. The maximum Gasteiger partial charge on any atom is 0.410 e. The van der Waals surface area contributed by atoms with Gasteiger partial charge in [-0.15, -0.1) is 0 Å². The lowest BCUT2D eigenvalue weighted by molar-refractivity contribution is -0.114. The smallest absolute Gasteiger partial charge is 0.410 e. The van der Waals surface area contributed by atoms with Gasteiger partial charge in [-0.1, -0.05) is 32.0 Å². The lowest BCUT2D eigenvalue weighted by Crippen LogP contribution is -2.50. The molecule has 0 radical (unpaired) electrons. The fourth-order valence-electron chi connectivity index (χ4n) is 3.21. The fourth-order valence-corrected chi connectivity index (χ4v) is 3.21. The third-order valence-electron chi connectivity index (χ3n) is 4.56. The van der Waals surface area contributed by atoms with Crippen molar-refractivity contribution >= 4 is 23.3 Å². The molecule has 1 aromatic carbocycles. The number of carbonyl (C=O) groups is 2. The van der Waals surface area contributed by atoms with Gasteiger partial charge in [0.2, 0.25) is 0 Å². The van der Waals surface area contributed by atoms with E-state index >= 15 is 0 Å². The van der Waals surface area contributed by atoms with Crippen LogP contribution < -0.4 is 0 Å². The highest BCUT2D eigenvalue weighted by Crippen LogP contribution is 2.35. The molecule has 1 amide bonds. The summed E-state index contributed by atoms with van der Waals surface area (Å²) in [5, 5.41) is 1.08. The first-order valence-corrected chi connectivity index (χ1v) is 8.44. The lowest BCUT2D eigenvalue weighted by Gasteiger charge is -2.37. The first-order chi connectivity index (χ1) is 11.5. The molecule has 1 atom stereocenters. The number of aldehydes is 1. The van der Waals surface area contributed by atoms with Crippen molar-refractivity contribution in [2.24, 2.45) is 7.05 Å². The summed E-state index contributed by atoms with van der Waals surface area (Å²) in [6.07, 6.45) is 2.36. The van der Waals surface area contributed by atoms with Crippen LogP contribution in [0.5, 0.6) is 0 Å². The van der Waals surface area contributed by atoms with Crippen molar-refractivity contribution in [2.75, 3.05) is 7.05 Å². The van der Waals surface area contributed by atoms with Crippen LogP contribution in [0.3, 0.4) is 0 Å². The monoisotopic (exact) mass is 344 g/mol. The van der Waals surface area contributed by atoms with Crippen LogP contribution in [-0.4, -0.2) is 40.5 Å². The number of aromatic nitrogens is 1. The van der Waals surface area contributed by atoms with E-state index in [2.05, 4.69) is 0 Å². The van der Waals surface area contributed by atoms with Crippen molar-refractivity contribution in [3.05, 3.63) is 36.0 Å². The summed E-state index contributed by atoms with van der Waals surface area (Å²) in [4.78, 5) is 25.8. The number of benzene rings is 1. The molecule has 0 aliphatic rings. The Morgan fingerprint density at radius 3 is 2.36 bits per heavy atom. The number of fused-ring (bicyclic) bond motifs is 1. The largest absolute Gasteiger partial charge is 0.444 e. The molecule has 2 rings (SSSR count). The average Bonchev–Trinajstić information content (AvgIpc) is 2.84. The zero-order valence-corrected chi connectivity index (χ0v) is 16.2. The van der Waals surface area contributed by atoms with Gasteiger partial charge >= 0.3 is 6.09 Å². The van der Waals surface area contributed by atoms with Crippen LogP contribution in [0.15, 0.2) is 30.5 Å². The second-order valence-corrected chi connectivity index (χ2v) is 8.06. The fraction of sp³-hybridized carbons (Fsp3) is 0.500. The number of amides is 1. The van der Waals surface area contributed by atoms with Crippen molar-refractivity contribution in [2.45, 2.75) is 51.7 Å². The van der Waals surface area contributed by atoms with Crippen molar-refractivity contribution in [1.82, 2.24) is 9.47 Å². The highest BCUT2D eigenvalue weighted by molar-refractivity contribution is 5.86. The lowest BCUT2D eigenvalue weighted by atomic mass is 9.77. The van der Waals surface area contributed by atoms with E-state index in [1.165, 1.54) is 4.90 Å². The van der Waals surface area contributed by atoms with Gasteiger partial charge < -0.3 is 19.0 Å². The van der Waals surface area contributed by atoms with Crippen LogP contribution in [0.25, 0.3) is 10.9 Å². The molecule has 0 aliphatic carbocycles. The number of aryl methyl sites for hydroxylation is 1. The van der Waals surface area contributed by atoms with Gasteiger partial charge in [-0.25, -0.2) is 4.79 Å². The van der Waals surface area contributed by atoms with Crippen LogP contribution in [0.1, 0.15) is 40.2 Å². The van der Waals surface area contributed by atoms with Crippen LogP contribution >= 0.6 is 0 Å². The van der Waals surface area contributed by atoms with Gasteiger partial charge in [0.25, 0.3) is 0 Å². The van der Waals surface area contributed by atoms with Crippen molar-refractivity contribution in [3.63, 3.8) is 0 Å². The molecular weight excluding hydrogens is 316 g/mol. The van der Waals surface area contributed by atoms with Gasteiger partial charge in [0.15, 0.2) is 0 Å². The van der Waals surface area contributed by atoms with E-state index in [0.717, 1.165) is 22.8 Å². The highest BCUT2D eigenvalue weighted by Gasteiger charge is 2.39. The number of ether oxygens (including phenoxy) is 1. The van der Waals surface area contributed by atoms with Crippen LogP contribution in [0.2, 0.25) is 0 Å². The molecule has 0 saturated carbocycles. The zero-order chi connectivity index (χ0) is 19.0. The van der Waals surface area contributed by atoms with Crippen LogP contribution in [-0.2, 0) is 22.0 Å². The molecule has 0 saturated heterocycles. The standard InChI is InChI=1S/C20H28N2O3/c1-19(2,3)25-18(24)22(7)17(13-23)20(4,5)15-12-21(6)16-11-9-8-10-14(15)16/h8-13,17H,1-7H3. The molecule has 0 bridgehead atoms. The maximum atomic E-state index is 12.4. The summed E-state index contributed by atoms with van der Waals surface area (Å²) in [5.74, 6) is 0. The molecule has 5 nitrogen and oxygen atoms in total. The zero-order valence-electron chi connectivity index (χ0n) is 16.2. The van der Waals surface area contributed by atoms with Gasteiger partial charge in [-0.3, -0.25) is 0 Å². The van der Waals surface area contributed by atoms with Crippen LogP contribution in [0.4, 0.5) is 4.79 Å². The van der Waals surface area contributed by atoms with E-state index < -0.39 is 23.2 Å². The van der Waals surface area contributed by atoms with Gasteiger partial charge in [-0.05, 0) is 32.4 Å². The summed E-state index contributed by atoms with van der Waals surface area (Å²) in [7, 11) is 3.59. The van der Waals surface area contributed by atoms with Crippen LogP contribution in [0, 0.1) is 0 Å². The summed E-state index contributed by atoms with van der Waals surface area (Å²) < 4.78 is 7.47. The molecule has 136 valence electrons. The van der Waals surface area contributed by atoms with Crippen molar-refractivity contribution in [3.8, 4) is 0 Å². The van der Waals surface area contributed by atoms with E-state index in [4.69, 9.17) is 4.74 Å². The average molecular weight is 344 g/mol. The summed E-state index contributed by atoms with van der Waals surface area (Å²) >= 11 is 0. The summed E-state index contributed by atoms with van der Waals surface area (Å²) in [6.45, 7) is 9.39. The van der Waals surface area contributed by atoms with E-state index in [-0.39, 0.29) is 0 Å². The molecule has 0 aliphatic heterocycles. The molecule has 0 fully saturated rings. The van der Waals surface area contributed by atoms with Gasteiger partial charge in [-0.2, -0.15) is 0 Å². The number of rotatable bonds is 4. The molecule has 2 aromatic rings. The second-order valence-electron chi connectivity index (χ2n) is 8.06. The molecular formula is C20H28N2O3. The minimum absolute atomic E-state index is 0.502. The Kier molecular flexibility index (Phi) is 4.98. The predicted octanol–water partition coefficient (Wildman–Crippen LogP) is 3.89. The molecule has 1 aromatic heterocycles. The molecule has 5 heteroatoms. The minimum atomic E-state index is -0.645. The Morgan fingerprint density at radius 1 is 1.20 bits per heavy atom. The first-order valence-electron chi connectivity index (χ1n) is 8.44. The number of likely N-dealkylation sites (N-methyl/N-ethyl adjacent to an activating group) is 1. The molecule has 0 N–H and O–H groups in total. The third-order valence-corrected chi connectivity index (χ3v) is 4.56. The Morgan fingerprint density at radius 2 is 1.80 bits per heavy atom. The van der Waals surface area contributed by atoms with Crippen molar-refractivity contribution < 1.29 is 14.3 Å². The number of hydrogen-bond donors (Lipinski definition) is 0. The normalized spacial score (nSPS) is 13.6. The Hall–Kier alpha value is -2.30. The molecule has 1 heterocycles.